The van der Waals surface area contributed by atoms with Crippen LogP contribution in [0.4, 0.5) is 9.93 Å². The van der Waals surface area contributed by atoms with Crippen LogP contribution in [-0.2, 0) is 6.54 Å². The molecule has 34 heavy (non-hydrogen) atoms. The van der Waals surface area contributed by atoms with Crippen LogP contribution in [-0.4, -0.2) is 69.3 Å². The second-order valence-corrected chi connectivity index (χ2v) is 9.53. The molecule has 1 aliphatic rings. The van der Waals surface area contributed by atoms with E-state index in [0.717, 1.165) is 47.3 Å². The van der Waals surface area contributed by atoms with Crippen LogP contribution in [0.3, 0.4) is 0 Å². The van der Waals surface area contributed by atoms with Gasteiger partial charge >= 0.3 is 6.03 Å². The van der Waals surface area contributed by atoms with Gasteiger partial charge in [-0.2, -0.15) is 0 Å². The Morgan fingerprint density at radius 1 is 1.06 bits per heavy atom. The smallest absolute Gasteiger partial charge is 0.323 e. The molecule has 0 saturated carbocycles. The third-order valence-corrected chi connectivity index (χ3v) is 7.26. The van der Waals surface area contributed by atoms with Gasteiger partial charge in [0.15, 0.2) is 5.01 Å². The normalized spacial score (nSPS) is 14.2. The van der Waals surface area contributed by atoms with Crippen LogP contribution in [0.1, 0.15) is 5.69 Å². The molecular weight excluding hydrogens is 470 g/mol. The van der Waals surface area contributed by atoms with Gasteiger partial charge in [-0.25, -0.2) is 9.78 Å². The van der Waals surface area contributed by atoms with Gasteiger partial charge in [-0.3, -0.25) is 15.2 Å². The maximum atomic E-state index is 12.7. The van der Waals surface area contributed by atoms with E-state index in [4.69, 9.17) is 9.72 Å². The van der Waals surface area contributed by atoms with Gasteiger partial charge < -0.3 is 9.64 Å². The number of nitrogens with one attached hydrogen (secondary N) is 1. The number of anilines is 1. The predicted molar refractivity (Wildman–Crippen MR) is 133 cm³/mol. The van der Waals surface area contributed by atoms with Gasteiger partial charge in [-0.15, -0.1) is 21.5 Å². The van der Waals surface area contributed by atoms with Gasteiger partial charge in [-0.1, -0.05) is 17.4 Å². The van der Waals surface area contributed by atoms with Crippen molar-refractivity contribution in [2.45, 2.75) is 6.54 Å². The van der Waals surface area contributed by atoms with E-state index in [-0.39, 0.29) is 6.03 Å². The van der Waals surface area contributed by atoms with E-state index in [1.54, 1.807) is 24.6 Å². The van der Waals surface area contributed by atoms with Crippen molar-refractivity contribution >= 4 is 33.8 Å². The SMILES string of the molecule is COc1ccc(-c2nc(CN3CCN(C(=O)Nc4nnc(-c5ccccn5)s4)CC3)cs2)cc1. The molecule has 2 amide bonds. The number of amides is 2. The number of hydrogen-bond acceptors (Lipinski definition) is 9. The van der Waals surface area contributed by atoms with Crippen LogP contribution in [0.15, 0.2) is 54.0 Å². The van der Waals surface area contributed by atoms with Crippen molar-refractivity contribution in [3.63, 3.8) is 0 Å². The van der Waals surface area contributed by atoms with Crippen molar-refractivity contribution in [3.05, 3.63) is 59.7 Å². The van der Waals surface area contributed by atoms with Crippen LogP contribution < -0.4 is 10.1 Å². The lowest BCUT2D eigenvalue weighted by Gasteiger charge is -2.34. The Morgan fingerprint density at radius 3 is 2.62 bits per heavy atom. The molecular formula is C23H23N7O2S2. The van der Waals surface area contributed by atoms with Crippen LogP contribution >= 0.6 is 22.7 Å². The van der Waals surface area contributed by atoms with Gasteiger partial charge in [0.1, 0.15) is 16.5 Å². The average Bonchev–Trinajstić information content (AvgIpc) is 3.55. The zero-order valence-corrected chi connectivity index (χ0v) is 20.2. The topological polar surface area (TPSA) is 96.4 Å². The quantitative estimate of drug-likeness (QED) is 0.432. The summed E-state index contributed by atoms with van der Waals surface area (Å²) < 4.78 is 5.22. The van der Waals surface area contributed by atoms with Gasteiger partial charge in [0.25, 0.3) is 0 Å². The van der Waals surface area contributed by atoms with Gasteiger partial charge in [0.05, 0.1) is 12.8 Å². The number of piperazine rings is 1. The maximum Gasteiger partial charge on any atom is 0.323 e. The summed E-state index contributed by atoms with van der Waals surface area (Å²) >= 11 is 2.96. The number of ether oxygens (including phenoxy) is 1. The summed E-state index contributed by atoms with van der Waals surface area (Å²) in [5.41, 5.74) is 2.87. The average molecular weight is 494 g/mol. The van der Waals surface area contributed by atoms with E-state index in [2.05, 4.69) is 30.8 Å². The van der Waals surface area contributed by atoms with Crippen molar-refractivity contribution in [2.75, 3.05) is 38.6 Å². The summed E-state index contributed by atoms with van der Waals surface area (Å²) in [4.78, 5) is 25.9. The molecule has 0 aliphatic carbocycles. The first-order valence-electron chi connectivity index (χ1n) is 10.8. The molecule has 1 fully saturated rings. The van der Waals surface area contributed by atoms with E-state index in [1.165, 1.54) is 11.3 Å². The fourth-order valence-electron chi connectivity index (χ4n) is 3.62. The molecule has 1 N–H and O–H groups in total. The third kappa shape index (κ3) is 5.22. The van der Waals surface area contributed by atoms with Crippen molar-refractivity contribution in [1.82, 2.24) is 30.0 Å². The number of carbonyl (C=O) groups is 1. The van der Waals surface area contributed by atoms with Crippen LogP contribution in [0.5, 0.6) is 5.75 Å². The molecule has 1 aliphatic heterocycles. The number of aromatic nitrogens is 4. The Labute approximate surface area is 205 Å². The van der Waals surface area contributed by atoms with Gasteiger partial charge in [0.2, 0.25) is 5.13 Å². The van der Waals surface area contributed by atoms with Crippen molar-refractivity contribution in [1.29, 1.82) is 0 Å². The standard InChI is InChI=1S/C23H23N7O2S2/c1-32-18-7-5-16(6-8-18)20-25-17(15-33-20)14-29-10-12-30(13-11-29)23(31)26-22-28-27-21(34-22)19-4-2-3-9-24-19/h2-9,15H,10-14H2,1H3,(H,26,28,31). The largest absolute Gasteiger partial charge is 0.497 e. The Kier molecular flexibility index (Phi) is 6.74. The molecule has 4 aromatic rings. The first-order valence-corrected chi connectivity index (χ1v) is 12.5. The van der Waals surface area contributed by atoms with Crippen molar-refractivity contribution < 1.29 is 9.53 Å². The zero-order valence-electron chi connectivity index (χ0n) is 18.5. The highest BCUT2D eigenvalue weighted by Gasteiger charge is 2.23. The number of thiazole rings is 1. The summed E-state index contributed by atoms with van der Waals surface area (Å²) in [7, 11) is 1.66. The molecule has 9 nitrogen and oxygen atoms in total. The minimum absolute atomic E-state index is 0.154. The minimum atomic E-state index is -0.154. The van der Waals surface area contributed by atoms with E-state index in [0.29, 0.717) is 23.2 Å². The number of benzene rings is 1. The zero-order chi connectivity index (χ0) is 23.3. The summed E-state index contributed by atoms with van der Waals surface area (Å²) in [6, 6.07) is 13.4. The van der Waals surface area contributed by atoms with E-state index < -0.39 is 0 Å². The fourth-order valence-corrected chi connectivity index (χ4v) is 5.15. The van der Waals surface area contributed by atoms with Crippen molar-refractivity contribution in [2.24, 2.45) is 0 Å². The Morgan fingerprint density at radius 2 is 1.88 bits per heavy atom. The predicted octanol–water partition coefficient (Wildman–Crippen LogP) is 4.08. The maximum absolute atomic E-state index is 12.7. The second-order valence-electron chi connectivity index (χ2n) is 7.69. The summed E-state index contributed by atoms with van der Waals surface area (Å²) in [6.45, 7) is 3.64. The molecule has 174 valence electrons. The summed E-state index contributed by atoms with van der Waals surface area (Å²) in [6.07, 6.45) is 1.71. The second kappa shape index (κ2) is 10.2. The molecule has 1 saturated heterocycles. The van der Waals surface area contributed by atoms with E-state index in [9.17, 15) is 4.79 Å². The first-order chi connectivity index (χ1) is 16.7. The fraction of sp³-hybridized carbons (Fsp3) is 0.261. The minimum Gasteiger partial charge on any atom is -0.497 e. The molecule has 0 spiro atoms. The Balaban J connectivity index is 1.11. The van der Waals surface area contributed by atoms with E-state index in [1.807, 2.05) is 47.4 Å². The number of nitrogens with zero attached hydrogens (tertiary/aromatic N) is 6. The number of rotatable bonds is 6. The van der Waals surface area contributed by atoms with Crippen LogP contribution in [0.25, 0.3) is 21.3 Å². The lowest BCUT2D eigenvalue weighted by molar-refractivity contribution is 0.142. The lowest BCUT2D eigenvalue weighted by Crippen LogP contribution is -2.49. The van der Waals surface area contributed by atoms with E-state index >= 15 is 0 Å². The monoisotopic (exact) mass is 493 g/mol. The molecule has 4 heterocycles. The summed E-state index contributed by atoms with van der Waals surface area (Å²) in [5, 5.41) is 15.3. The lowest BCUT2D eigenvalue weighted by atomic mass is 10.2. The molecule has 0 atom stereocenters. The molecule has 0 radical (unpaired) electrons. The van der Waals surface area contributed by atoms with Crippen molar-refractivity contribution in [3.8, 4) is 27.0 Å². The third-order valence-electron chi connectivity index (χ3n) is 5.46. The highest BCUT2D eigenvalue weighted by Crippen LogP contribution is 2.27. The number of hydrogen-bond donors (Lipinski definition) is 1. The first kappa shape index (κ1) is 22.4. The highest BCUT2D eigenvalue weighted by molar-refractivity contribution is 7.18. The molecule has 11 heteroatoms. The Hall–Kier alpha value is -3.41. The number of methoxy groups -OCH3 is 1. The van der Waals surface area contributed by atoms with Crippen LogP contribution in [0.2, 0.25) is 0 Å². The highest BCUT2D eigenvalue weighted by atomic mass is 32.1. The molecule has 1 aromatic carbocycles. The number of carbonyl (C=O) groups excluding carboxylic acids is 1. The van der Waals surface area contributed by atoms with Crippen LogP contribution in [0, 0.1) is 0 Å². The summed E-state index contributed by atoms with van der Waals surface area (Å²) in [5.74, 6) is 0.835. The molecule has 5 rings (SSSR count). The molecule has 0 unspecified atom stereocenters. The molecule has 3 aromatic heterocycles. The Bertz CT molecular complexity index is 1240. The number of pyridine rings is 1. The number of urea groups is 1. The molecule has 0 bridgehead atoms. The van der Waals surface area contributed by atoms with Gasteiger partial charge in [-0.05, 0) is 36.4 Å². The van der Waals surface area contributed by atoms with Gasteiger partial charge in [0, 0.05) is 49.9 Å².